The highest BCUT2D eigenvalue weighted by Crippen LogP contribution is 2.33. The predicted octanol–water partition coefficient (Wildman–Crippen LogP) is 2.73. The molecule has 2 amide bonds. The van der Waals surface area contributed by atoms with E-state index in [1.165, 1.54) is 23.4 Å². The zero-order valence-corrected chi connectivity index (χ0v) is 17.7. The van der Waals surface area contributed by atoms with Crippen molar-refractivity contribution in [2.24, 2.45) is 5.92 Å². The van der Waals surface area contributed by atoms with E-state index >= 15 is 0 Å². The average molecular weight is 431 g/mol. The average Bonchev–Trinajstić information content (AvgIpc) is 2.72. The van der Waals surface area contributed by atoms with Crippen LogP contribution in [0.3, 0.4) is 0 Å². The molecule has 152 valence electrons. The third-order valence-electron chi connectivity index (χ3n) is 5.28. The Bertz CT molecular complexity index is 1080. The summed E-state index contributed by atoms with van der Waals surface area (Å²) >= 11 is 1.38. The van der Waals surface area contributed by atoms with Gasteiger partial charge in [-0.3, -0.25) is 9.59 Å². The Morgan fingerprint density at radius 3 is 2.76 bits per heavy atom. The lowest BCUT2D eigenvalue weighted by Gasteiger charge is -2.31. The minimum atomic E-state index is -3.66. The van der Waals surface area contributed by atoms with Gasteiger partial charge in [0.2, 0.25) is 11.8 Å². The number of thioether (sulfide) groups is 1. The molecule has 29 heavy (non-hydrogen) atoms. The van der Waals surface area contributed by atoms with Gasteiger partial charge in [-0.15, -0.1) is 11.8 Å². The molecule has 8 heteroatoms. The Balaban J connectivity index is 1.47. The van der Waals surface area contributed by atoms with E-state index in [4.69, 9.17) is 0 Å². The van der Waals surface area contributed by atoms with Crippen LogP contribution in [0.5, 0.6) is 0 Å². The van der Waals surface area contributed by atoms with Gasteiger partial charge in [0.1, 0.15) is 0 Å². The molecule has 0 fully saturated rings. The summed E-state index contributed by atoms with van der Waals surface area (Å²) in [5, 5.41) is 2.71. The van der Waals surface area contributed by atoms with Crippen LogP contribution in [0, 0.1) is 5.92 Å². The highest BCUT2D eigenvalue weighted by Gasteiger charge is 2.29. The van der Waals surface area contributed by atoms with Crippen LogP contribution in [0.4, 0.5) is 5.69 Å². The van der Waals surface area contributed by atoms with E-state index in [1.807, 2.05) is 18.2 Å². The van der Waals surface area contributed by atoms with Gasteiger partial charge in [-0.1, -0.05) is 31.2 Å². The maximum Gasteiger partial charge on any atom is 0.234 e. The molecule has 0 saturated carbocycles. The summed E-state index contributed by atoms with van der Waals surface area (Å²) in [5.41, 5.74) is 2.87. The van der Waals surface area contributed by atoms with Gasteiger partial charge in [-0.2, -0.15) is 0 Å². The van der Waals surface area contributed by atoms with E-state index in [0.717, 1.165) is 16.9 Å². The zero-order chi connectivity index (χ0) is 20.6. The molecular formula is C21H22N2O4S2. The first-order valence-corrected chi connectivity index (χ1v) is 12.1. The van der Waals surface area contributed by atoms with Gasteiger partial charge in [0, 0.05) is 23.9 Å². The second kappa shape index (κ2) is 7.84. The van der Waals surface area contributed by atoms with Crippen molar-refractivity contribution in [3.8, 4) is 0 Å². The van der Waals surface area contributed by atoms with Crippen LogP contribution < -0.4 is 5.32 Å². The zero-order valence-electron chi connectivity index (χ0n) is 16.1. The van der Waals surface area contributed by atoms with Gasteiger partial charge >= 0.3 is 0 Å². The lowest BCUT2D eigenvalue weighted by atomic mass is 9.99. The van der Waals surface area contributed by atoms with Crippen molar-refractivity contribution in [3.05, 3.63) is 53.6 Å². The molecule has 1 N–H and O–H groups in total. The first-order chi connectivity index (χ1) is 13.8. The van der Waals surface area contributed by atoms with Gasteiger partial charge < -0.3 is 10.2 Å². The molecule has 2 aliphatic heterocycles. The van der Waals surface area contributed by atoms with E-state index in [0.29, 0.717) is 24.5 Å². The van der Waals surface area contributed by atoms with Crippen molar-refractivity contribution in [3.63, 3.8) is 0 Å². The normalized spacial score (nSPS) is 17.1. The van der Waals surface area contributed by atoms with E-state index in [9.17, 15) is 18.0 Å². The fraction of sp³-hybridized carbons (Fsp3) is 0.333. The molecule has 1 atom stereocenters. The Morgan fingerprint density at radius 2 is 1.97 bits per heavy atom. The number of benzene rings is 2. The molecular weight excluding hydrogens is 408 g/mol. The molecule has 0 saturated heterocycles. The molecule has 0 aromatic heterocycles. The van der Waals surface area contributed by atoms with Crippen LogP contribution in [-0.2, 0) is 32.4 Å². The smallest absolute Gasteiger partial charge is 0.234 e. The first-order valence-electron chi connectivity index (χ1n) is 9.48. The van der Waals surface area contributed by atoms with Crippen molar-refractivity contribution in [2.75, 3.05) is 23.4 Å². The van der Waals surface area contributed by atoms with Crippen molar-refractivity contribution in [1.82, 2.24) is 4.90 Å². The third-order valence-corrected chi connectivity index (χ3v) is 8.26. The number of fused-ring (bicyclic) bond motifs is 2. The Kier molecular flexibility index (Phi) is 5.40. The minimum absolute atomic E-state index is 0.127. The summed E-state index contributed by atoms with van der Waals surface area (Å²) in [5.74, 6) is -0.880. The van der Waals surface area contributed by atoms with E-state index in [1.54, 1.807) is 24.0 Å². The monoisotopic (exact) mass is 430 g/mol. The number of carbonyl (C=O) groups excluding carboxylic acids is 2. The quantitative estimate of drug-likeness (QED) is 0.806. The van der Waals surface area contributed by atoms with Gasteiger partial charge in [0.25, 0.3) is 0 Å². The van der Waals surface area contributed by atoms with E-state index < -0.39 is 15.8 Å². The summed E-state index contributed by atoms with van der Waals surface area (Å²) in [4.78, 5) is 27.2. The molecule has 2 heterocycles. The van der Waals surface area contributed by atoms with Gasteiger partial charge in [0.15, 0.2) is 9.84 Å². The number of rotatable bonds is 4. The summed E-state index contributed by atoms with van der Waals surface area (Å²) in [6, 6.07) is 12.8. The lowest BCUT2D eigenvalue weighted by molar-refractivity contribution is -0.135. The SMILES string of the molecule is CC(CS(=O)(=O)c1ccc2c(c1)NC(=O)CS2)C(=O)N1CCc2ccccc2C1. The van der Waals surface area contributed by atoms with Gasteiger partial charge in [-0.05, 0) is 35.7 Å². The second-order valence-electron chi connectivity index (χ2n) is 7.46. The van der Waals surface area contributed by atoms with Crippen LogP contribution >= 0.6 is 11.8 Å². The maximum absolute atomic E-state index is 12.9. The number of anilines is 1. The standard InChI is InChI=1S/C21H22N2O4S2/c1-14(21(25)23-9-8-15-4-2-3-5-16(15)11-23)13-29(26,27)17-6-7-19-18(10-17)22-20(24)12-28-19/h2-7,10,14H,8-9,11-13H2,1H3,(H,22,24). The van der Waals surface area contributed by atoms with Crippen molar-refractivity contribution >= 4 is 39.1 Å². The minimum Gasteiger partial charge on any atom is -0.338 e. The summed E-state index contributed by atoms with van der Waals surface area (Å²) in [6.45, 7) is 2.78. The van der Waals surface area contributed by atoms with Crippen LogP contribution in [0.1, 0.15) is 18.1 Å². The number of carbonyl (C=O) groups is 2. The van der Waals surface area contributed by atoms with Crippen LogP contribution in [0.25, 0.3) is 0 Å². The van der Waals surface area contributed by atoms with Crippen LogP contribution in [0.2, 0.25) is 0 Å². The summed E-state index contributed by atoms with van der Waals surface area (Å²) < 4.78 is 25.8. The Hall–Kier alpha value is -2.32. The van der Waals surface area contributed by atoms with E-state index in [2.05, 4.69) is 11.4 Å². The van der Waals surface area contributed by atoms with Crippen molar-refractivity contribution in [1.29, 1.82) is 0 Å². The van der Waals surface area contributed by atoms with Crippen LogP contribution in [-0.4, -0.2) is 43.2 Å². The van der Waals surface area contributed by atoms with Crippen molar-refractivity contribution < 1.29 is 18.0 Å². The second-order valence-corrected chi connectivity index (χ2v) is 10.5. The fourth-order valence-corrected chi connectivity index (χ4v) is 6.10. The topological polar surface area (TPSA) is 83.5 Å². The number of amides is 2. The maximum atomic E-state index is 12.9. The molecule has 0 spiro atoms. The summed E-state index contributed by atoms with van der Waals surface area (Å²) in [7, 11) is -3.66. The first kappa shape index (κ1) is 20.0. The predicted molar refractivity (Wildman–Crippen MR) is 113 cm³/mol. The molecule has 4 rings (SSSR count). The molecule has 2 aromatic rings. The number of nitrogens with zero attached hydrogens (tertiary/aromatic N) is 1. The van der Waals surface area contributed by atoms with Crippen molar-refractivity contribution in [2.45, 2.75) is 29.7 Å². The Morgan fingerprint density at radius 1 is 1.21 bits per heavy atom. The summed E-state index contributed by atoms with van der Waals surface area (Å²) in [6.07, 6.45) is 0.781. The van der Waals surface area contributed by atoms with Gasteiger partial charge in [0.05, 0.1) is 22.1 Å². The third kappa shape index (κ3) is 4.18. The number of hydrogen-bond donors (Lipinski definition) is 1. The molecule has 1 unspecified atom stereocenters. The number of hydrogen-bond acceptors (Lipinski definition) is 5. The molecule has 6 nitrogen and oxygen atoms in total. The van der Waals surface area contributed by atoms with Gasteiger partial charge in [-0.25, -0.2) is 8.42 Å². The van der Waals surface area contributed by atoms with E-state index in [-0.39, 0.29) is 22.5 Å². The highest BCUT2D eigenvalue weighted by atomic mass is 32.2. The molecule has 0 radical (unpaired) electrons. The molecule has 2 aromatic carbocycles. The largest absolute Gasteiger partial charge is 0.338 e. The molecule has 0 aliphatic carbocycles. The Labute approximate surface area is 174 Å². The lowest BCUT2D eigenvalue weighted by Crippen LogP contribution is -2.40. The molecule has 2 aliphatic rings. The fourth-order valence-electron chi connectivity index (χ4n) is 3.75. The molecule has 0 bridgehead atoms. The highest BCUT2D eigenvalue weighted by molar-refractivity contribution is 8.00. The number of sulfone groups is 1. The van der Waals surface area contributed by atoms with Crippen LogP contribution in [0.15, 0.2) is 52.3 Å². The number of nitrogens with one attached hydrogen (secondary N) is 1.